The van der Waals surface area contributed by atoms with Crippen LogP contribution < -0.4 is 14.8 Å². The molecule has 1 unspecified atom stereocenters. The van der Waals surface area contributed by atoms with Gasteiger partial charge in [-0.25, -0.2) is 4.79 Å². The van der Waals surface area contributed by atoms with Crippen molar-refractivity contribution in [3.63, 3.8) is 0 Å². The van der Waals surface area contributed by atoms with Gasteiger partial charge in [-0.15, -0.1) is 0 Å². The summed E-state index contributed by atoms with van der Waals surface area (Å²) in [6.07, 6.45) is 4.05. The zero-order valence-corrected chi connectivity index (χ0v) is 20.1. The highest BCUT2D eigenvalue weighted by Gasteiger charge is 2.36. The molecular weight excluding hydrogens is 506 g/mol. The highest BCUT2D eigenvalue weighted by molar-refractivity contribution is 9.10. The second-order valence-corrected chi connectivity index (χ2v) is 8.81. The molecule has 0 saturated heterocycles. The van der Waals surface area contributed by atoms with E-state index in [1.54, 1.807) is 48.6 Å². The molecule has 0 spiro atoms. The summed E-state index contributed by atoms with van der Waals surface area (Å²) in [6.45, 7) is 0.342. The van der Waals surface area contributed by atoms with E-state index in [0.29, 0.717) is 29.9 Å². The van der Waals surface area contributed by atoms with Crippen molar-refractivity contribution in [3.05, 3.63) is 70.2 Å². The third-order valence-corrected chi connectivity index (χ3v) is 6.52. The predicted octanol–water partition coefficient (Wildman–Crippen LogP) is 3.78. The number of carbonyl (C=O) groups excluding carboxylic acids is 3. The van der Waals surface area contributed by atoms with Crippen LogP contribution in [0.5, 0.6) is 11.5 Å². The minimum absolute atomic E-state index is 0.150. The Hall–Kier alpha value is -3.33. The number of hydrogen-bond acceptors (Lipinski definition) is 7. The Balaban J connectivity index is 1.39. The molecule has 34 heavy (non-hydrogen) atoms. The average molecular weight is 530 g/mol. The van der Waals surface area contributed by atoms with E-state index in [1.165, 1.54) is 7.11 Å². The fourth-order valence-corrected chi connectivity index (χ4v) is 4.42. The summed E-state index contributed by atoms with van der Waals surface area (Å²) in [5, 5.41) is 2.82. The predicted molar refractivity (Wildman–Crippen MR) is 125 cm³/mol. The second-order valence-electron chi connectivity index (χ2n) is 7.95. The van der Waals surface area contributed by atoms with E-state index in [1.807, 2.05) is 6.07 Å². The number of rotatable bonds is 7. The number of benzene rings is 2. The molecule has 3 atom stereocenters. The molecule has 0 radical (unpaired) electrons. The summed E-state index contributed by atoms with van der Waals surface area (Å²) in [4.78, 5) is 37.8. The maximum absolute atomic E-state index is 13.0. The van der Waals surface area contributed by atoms with Gasteiger partial charge in [0.05, 0.1) is 12.7 Å². The van der Waals surface area contributed by atoms with E-state index in [9.17, 15) is 14.4 Å². The fraction of sp³-hybridized carbons (Fsp3) is 0.320. The Morgan fingerprint density at radius 3 is 2.50 bits per heavy atom. The van der Waals surface area contributed by atoms with E-state index in [0.717, 1.165) is 10.0 Å². The molecule has 1 N–H and O–H groups in total. The number of hydrogen-bond donors (Lipinski definition) is 1. The molecule has 0 fully saturated rings. The van der Waals surface area contributed by atoms with Gasteiger partial charge < -0.3 is 24.3 Å². The van der Waals surface area contributed by atoms with Crippen molar-refractivity contribution in [3.8, 4) is 11.5 Å². The number of allylic oxidation sites excluding steroid dienone is 1. The summed E-state index contributed by atoms with van der Waals surface area (Å²) in [5.41, 5.74) is 1.26. The van der Waals surface area contributed by atoms with Crippen molar-refractivity contribution in [2.75, 3.05) is 13.9 Å². The molecule has 2 aromatic rings. The Kier molecular flexibility index (Phi) is 7.52. The Bertz CT molecular complexity index is 1100. The Labute approximate surface area is 205 Å². The summed E-state index contributed by atoms with van der Waals surface area (Å²) >= 11 is 3.47. The van der Waals surface area contributed by atoms with Gasteiger partial charge in [0.2, 0.25) is 12.7 Å². The van der Waals surface area contributed by atoms with Crippen LogP contribution in [-0.2, 0) is 25.6 Å². The standard InChI is InChI=1S/C25H24BrNO7/c1-31-25(30)22(23(28)27-13-17-11-20-21(12-19(17)26)33-14-32-20)15-7-9-18(10-8-15)34-24(29)16-5-3-2-4-6-16/h2-7,9,11-12,15,18,22H,8,10,13-14H2,1H3,(H,27,28)/t15-,18+,22?/m1/s1. The summed E-state index contributed by atoms with van der Waals surface area (Å²) in [5.74, 6) is -1.63. The molecule has 1 heterocycles. The van der Waals surface area contributed by atoms with Crippen LogP contribution in [0.25, 0.3) is 0 Å². The SMILES string of the molecule is COC(=O)C(C(=O)NCc1cc2c(cc1Br)OCO2)[C@@H]1C=C[C@H](OC(=O)c2ccccc2)CC1. The van der Waals surface area contributed by atoms with Crippen molar-refractivity contribution in [1.29, 1.82) is 0 Å². The largest absolute Gasteiger partial charge is 0.468 e. The lowest BCUT2D eigenvalue weighted by Gasteiger charge is -2.27. The maximum atomic E-state index is 13.0. The highest BCUT2D eigenvalue weighted by Crippen LogP contribution is 2.37. The first-order chi connectivity index (χ1) is 16.5. The lowest BCUT2D eigenvalue weighted by atomic mass is 9.83. The van der Waals surface area contributed by atoms with Gasteiger partial charge in [-0.05, 0) is 54.7 Å². The van der Waals surface area contributed by atoms with Crippen LogP contribution in [0.3, 0.4) is 0 Å². The molecule has 8 nitrogen and oxygen atoms in total. The highest BCUT2D eigenvalue weighted by atomic mass is 79.9. The van der Waals surface area contributed by atoms with Gasteiger partial charge in [0.15, 0.2) is 11.5 Å². The van der Waals surface area contributed by atoms with Gasteiger partial charge in [0.25, 0.3) is 0 Å². The molecule has 0 bridgehead atoms. The number of fused-ring (bicyclic) bond motifs is 1. The van der Waals surface area contributed by atoms with Gasteiger partial charge in [-0.1, -0.05) is 40.2 Å². The van der Waals surface area contributed by atoms with E-state index in [2.05, 4.69) is 21.2 Å². The summed E-state index contributed by atoms with van der Waals surface area (Å²) < 4.78 is 21.9. The summed E-state index contributed by atoms with van der Waals surface area (Å²) in [6, 6.07) is 12.3. The summed E-state index contributed by atoms with van der Waals surface area (Å²) in [7, 11) is 1.26. The molecule has 178 valence electrons. The van der Waals surface area contributed by atoms with Crippen LogP contribution in [-0.4, -0.2) is 37.9 Å². The van der Waals surface area contributed by atoms with Crippen LogP contribution in [0.4, 0.5) is 0 Å². The molecule has 9 heteroatoms. The second kappa shape index (κ2) is 10.7. The van der Waals surface area contributed by atoms with Crippen molar-refractivity contribution in [1.82, 2.24) is 5.32 Å². The molecule has 1 amide bonds. The quantitative estimate of drug-likeness (QED) is 0.331. The van der Waals surface area contributed by atoms with Crippen molar-refractivity contribution >= 4 is 33.8 Å². The lowest BCUT2D eigenvalue weighted by Crippen LogP contribution is -2.41. The van der Waals surface area contributed by atoms with Crippen molar-refractivity contribution in [2.24, 2.45) is 11.8 Å². The smallest absolute Gasteiger partial charge is 0.338 e. The first-order valence-electron chi connectivity index (χ1n) is 10.8. The van der Waals surface area contributed by atoms with E-state index >= 15 is 0 Å². The van der Waals surface area contributed by atoms with Gasteiger partial charge in [0, 0.05) is 11.0 Å². The molecule has 0 aromatic heterocycles. The topological polar surface area (TPSA) is 100 Å². The number of esters is 2. The molecule has 0 saturated carbocycles. The lowest BCUT2D eigenvalue weighted by molar-refractivity contribution is -0.152. The third kappa shape index (κ3) is 5.41. The van der Waals surface area contributed by atoms with Crippen LogP contribution in [0.15, 0.2) is 59.1 Å². The fourth-order valence-electron chi connectivity index (χ4n) is 3.96. The van der Waals surface area contributed by atoms with Gasteiger partial charge in [0.1, 0.15) is 12.0 Å². The molecule has 1 aliphatic heterocycles. The van der Waals surface area contributed by atoms with Crippen molar-refractivity contribution in [2.45, 2.75) is 25.5 Å². The minimum Gasteiger partial charge on any atom is -0.468 e. The average Bonchev–Trinajstić information content (AvgIpc) is 3.31. The van der Waals surface area contributed by atoms with Gasteiger partial charge in [-0.2, -0.15) is 0 Å². The monoisotopic (exact) mass is 529 g/mol. The molecular formula is C25H24BrNO7. The number of amides is 1. The maximum Gasteiger partial charge on any atom is 0.338 e. The Morgan fingerprint density at radius 1 is 1.09 bits per heavy atom. The zero-order chi connectivity index (χ0) is 24.1. The van der Waals surface area contributed by atoms with Crippen LogP contribution >= 0.6 is 15.9 Å². The van der Waals surface area contributed by atoms with Crippen LogP contribution in [0, 0.1) is 11.8 Å². The minimum atomic E-state index is -1.01. The third-order valence-electron chi connectivity index (χ3n) is 5.79. The number of nitrogens with one attached hydrogen (secondary N) is 1. The van der Waals surface area contributed by atoms with Crippen molar-refractivity contribution < 1.29 is 33.3 Å². The Morgan fingerprint density at radius 2 is 1.82 bits per heavy atom. The van der Waals surface area contributed by atoms with Crippen LogP contribution in [0.1, 0.15) is 28.8 Å². The van der Waals surface area contributed by atoms with E-state index in [-0.39, 0.29) is 19.3 Å². The van der Waals surface area contributed by atoms with E-state index in [4.69, 9.17) is 18.9 Å². The zero-order valence-electron chi connectivity index (χ0n) is 18.5. The molecule has 1 aliphatic carbocycles. The number of ether oxygens (including phenoxy) is 4. The number of carbonyl (C=O) groups is 3. The number of halogens is 1. The van der Waals surface area contributed by atoms with E-state index < -0.39 is 29.9 Å². The van der Waals surface area contributed by atoms with Gasteiger partial charge >= 0.3 is 11.9 Å². The number of methoxy groups -OCH3 is 1. The molecule has 2 aromatic carbocycles. The first-order valence-corrected chi connectivity index (χ1v) is 11.6. The van der Waals surface area contributed by atoms with Crippen LogP contribution in [0.2, 0.25) is 0 Å². The first kappa shape index (κ1) is 23.8. The molecule has 4 rings (SSSR count). The normalized spacial score (nSPS) is 19.2. The molecule has 2 aliphatic rings. The van der Waals surface area contributed by atoms with Gasteiger partial charge in [-0.3, -0.25) is 9.59 Å².